The predicted octanol–water partition coefficient (Wildman–Crippen LogP) is 2.55. The van der Waals surface area contributed by atoms with Gasteiger partial charge in [0.25, 0.3) is 5.22 Å². The molecular formula is C17H16N4O3S. The normalized spacial score (nSPS) is 10.4. The quantitative estimate of drug-likeness (QED) is 0.651. The molecule has 0 aliphatic rings. The van der Waals surface area contributed by atoms with Crippen molar-refractivity contribution in [3.05, 3.63) is 54.4 Å². The first-order valence-electron chi connectivity index (χ1n) is 7.51. The Morgan fingerprint density at radius 3 is 3.00 bits per heavy atom. The predicted molar refractivity (Wildman–Crippen MR) is 93.1 cm³/mol. The van der Waals surface area contributed by atoms with E-state index in [-0.39, 0.29) is 11.7 Å². The Balaban J connectivity index is 1.48. The lowest BCUT2D eigenvalue weighted by atomic mass is 10.2. The monoisotopic (exact) mass is 356 g/mol. The van der Waals surface area contributed by atoms with Crippen LogP contribution in [0.2, 0.25) is 0 Å². The van der Waals surface area contributed by atoms with Crippen molar-refractivity contribution in [2.24, 2.45) is 0 Å². The van der Waals surface area contributed by atoms with E-state index in [0.29, 0.717) is 17.7 Å². The number of carbonyl (C=O) groups excluding carboxylic acids is 1. The first-order valence-corrected chi connectivity index (χ1v) is 8.49. The standard InChI is InChI=1S/C17H16N4O3S/c1-23-14-6-2-4-12(8-14)9-19-15(22)11-25-17-21-20-16(24-17)13-5-3-7-18-10-13/h2-8,10H,9,11H2,1H3,(H,19,22). The highest BCUT2D eigenvalue weighted by Crippen LogP contribution is 2.22. The van der Waals surface area contributed by atoms with Crippen molar-refractivity contribution in [1.29, 1.82) is 0 Å². The molecule has 8 heteroatoms. The fraction of sp³-hybridized carbons (Fsp3) is 0.176. The number of nitrogens with zero attached hydrogens (tertiary/aromatic N) is 3. The lowest BCUT2D eigenvalue weighted by Gasteiger charge is -2.06. The van der Waals surface area contributed by atoms with Crippen molar-refractivity contribution in [3.8, 4) is 17.2 Å². The van der Waals surface area contributed by atoms with Crippen LogP contribution in [0.25, 0.3) is 11.5 Å². The van der Waals surface area contributed by atoms with E-state index in [4.69, 9.17) is 9.15 Å². The number of thioether (sulfide) groups is 1. The summed E-state index contributed by atoms with van der Waals surface area (Å²) in [6, 6.07) is 11.2. The molecule has 0 bridgehead atoms. The van der Waals surface area contributed by atoms with E-state index in [9.17, 15) is 4.79 Å². The molecular weight excluding hydrogens is 340 g/mol. The molecule has 25 heavy (non-hydrogen) atoms. The molecule has 2 aromatic heterocycles. The van der Waals surface area contributed by atoms with Gasteiger partial charge in [0.15, 0.2) is 0 Å². The van der Waals surface area contributed by atoms with Gasteiger partial charge >= 0.3 is 0 Å². The van der Waals surface area contributed by atoms with E-state index < -0.39 is 0 Å². The number of methoxy groups -OCH3 is 1. The van der Waals surface area contributed by atoms with Gasteiger partial charge in [0.05, 0.1) is 18.4 Å². The minimum atomic E-state index is -0.117. The Labute approximate surface area is 148 Å². The van der Waals surface area contributed by atoms with Gasteiger partial charge in [-0.2, -0.15) is 0 Å². The Hall–Kier alpha value is -2.87. The van der Waals surface area contributed by atoms with Gasteiger partial charge in [-0.3, -0.25) is 9.78 Å². The van der Waals surface area contributed by atoms with Crippen LogP contribution in [0.4, 0.5) is 0 Å². The second-order valence-electron chi connectivity index (χ2n) is 5.03. The van der Waals surface area contributed by atoms with Crippen LogP contribution in [0.15, 0.2) is 58.4 Å². The molecule has 7 nitrogen and oxygen atoms in total. The van der Waals surface area contributed by atoms with Crippen LogP contribution < -0.4 is 10.1 Å². The smallest absolute Gasteiger partial charge is 0.277 e. The Morgan fingerprint density at radius 2 is 2.20 bits per heavy atom. The zero-order valence-electron chi connectivity index (χ0n) is 13.5. The van der Waals surface area contributed by atoms with Gasteiger partial charge in [-0.15, -0.1) is 10.2 Å². The highest BCUT2D eigenvalue weighted by Gasteiger charge is 2.11. The lowest BCUT2D eigenvalue weighted by molar-refractivity contribution is -0.118. The molecule has 3 aromatic rings. The first-order chi connectivity index (χ1) is 12.2. The lowest BCUT2D eigenvalue weighted by Crippen LogP contribution is -2.24. The summed E-state index contributed by atoms with van der Waals surface area (Å²) in [5.74, 6) is 1.22. The zero-order chi connectivity index (χ0) is 17.5. The largest absolute Gasteiger partial charge is 0.497 e. The van der Waals surface area contributed by atoms with Crippen LogP contribution in [0, 0.1) is 0 Å². The molecule has 0 saturated carbocycles. The number of carbonyl (C=O) groups is 1. The summed E-state index contributed by atoms with van der Waals surface area (Å²) in [4.78, 5) is 16.0. The minimum absolute atomic E-state index is 0.117. The fourth-order valence-electron chi connectivity index (χ4n) is 2.04. The molecule has 3 rings (SSSR count). The summed E-state index contributed by atoms with van der Waals surface area (Å²) < 4.78 is 10.7. The number of hydrogen-bond acceptors (Lipinski definition) is 7. The fourth-order valence-corrected chi connectivity index (χ4v) is 2.63. The molecule has 0 unspecified atom stereocenters. The number of hydrogen-bond donors (Lipinski definition) is 1. The van der Waals surface area contributed by atoms with Crippen molar-refractivity contribution in [2.75, 3.05) is 12.9 Å². The van der Waals surface area contributed by atoms with E-state index >= 15 is 0 Å². The number of amides is 1. The summed E-state index contributed by atoms with van der Waals surface area (Å²) in [6.45, 7) is 0.432. The second-order valence-corrected chi connectivity index (χ2v) is 5.96. The van der Waals surface area contributed by atoms with Gasteiger partial charge in [-0.1, -0.05) is 23.9 Å². The number of pyridine rings is 1. The Bertz CT molecular complexity index is 839. The average molecular weight is 356 g/mol. The molecule has 128 valence electrons. The molecule has 0 radical (unpaired) electrons. The molecule has 1 amide bonds. The van der Waals surface area contributed by atoms with Crippen molar-refractivity contribution in [3.63, 3.8) is 0 Å². The van der Waals surface area contributed by atoms with Crippen molar-refractivity contribution in [2.45, 2.75) is 11.8 Å². The van der Waals surface area contributed by atoms with Crippen LogP contribution in [-0.2, 0) is 11.3 Å². The third-order valence-corrected chi connectivity index (χ3v) is 4.08. The van der Waals surface area contributed by atoms with Crippen molar-refractivity contribution < 1.29 is 13.9 Å². The van der Waals surface area contributed by atoms with Gasteiger partial charge in [0.1, 0.15) is 5.75 Å². The van der Waals surface area contributed by atoms with Gasteiger partial charge in [-0.25, -0.2) is 0 Å². The summed E-state index contributed by atoms with van der Waals surface area (Å²) >= 11 is 1.19. The molecule has 2 heterocycles. The van der Waals surface area contributed by atoms with Crippen LogP contribution >= 0.6 is 11.8 Å². The SMILES string of the molecule is COc1cccc(CNC(=O)CSc2nnc(-c3cccnc3)o2)c1. The number of benzene rings is 1. The molecule has 0 aliphatic carbocycles. The summed E-state index contributed by atoms with van der Waals surface area (Å²) in [7, 11) is 1.61. The zero-order valence-corrected chi connectivity index (χ0v) is 14.3. The number of ether oxygens (including phenoxy) is 1. The third-order valence-electron chi connectivity index (χ3n) is 3.27. The average Bonchev–Trinajstić information content (AvgIpc) is 3.15. The van der Waals surface area contributed by atoms with Crippen LogP contribution in [0.1, 0.15) is 5.56 Å². The Morgan fingerprint density at radius 1 is 1.28 bits per heavy atom. The molecule has 0 atom stereocenters. The third kappa shape index (κ3) is 4.80. The van der Waals surface area contributed by atoms with Crippen LogP contribution in [0.5, 0.6) is 5.75 Å². The Kier molecular flexibility index (Phi) is 5.63. The van der Waals surface area contributed by atoms with E-state index in [1.54, 1.807) is 25.6 Å². The highest BCUT2D eigenvalue weighted by atomic mass is 32.2. The summed E-state index contributed by atoms with van der Waals surface area (Å²) in [5.41, 5.74) is 1.71. The first kappa shape index (κ1) is 17.0. The summed E-state index contributed by atoms with van der Waals surface area (Å²) in [5, 5.41) is 11.1. The van der Waals surface area contributed by atoms with Gasteiger partial charge in [0, 0.05) is 18.9 Å². The second kappa shape index (κ2) is 8.29. The summed E-state index contributed by atoms with van der Waals surface area (Å²) in [6.07, 6.45) is 3.31. The molecule has 0 saturated heterocycles. The molecule has 0 aliphatic heterocycles. The highest BCUT2D eigenvalue weighted by molar-refractivity contribution is 7.99. The van der Waals surface area contributed by atoms with Crippen LogP contribution in [0.3, 0.4) is 0 Å². The van der Waals surface area contributed by atoms with E-state index in [1.807, 2.05) is 30.3 Å². The van der Waals surface area contributed by atoms with Gasteiger partial charge < -0.3 is 14.5 Å². The molecule has 1 N–H and O–H groups in total. The van der Waals surface area contributed by atoms with E-state index in [0.717, 1.165) is 16.9 Å². The molecule has 1 aromatic carbocycles. The number of aromatic nitrogens is 3. The maximum Gasteiger partial charge on any atom is 0.277 e. The number of nitrogens with one attached hydrogen (secondary N) is 1. The van der Waals surface area contributed by atoms with E-state index in [1.165, 1.54) is 11.8 Å². The maximum absolute atomic E-state index is 12.0. The van der Waals surface area contributed by atoms with Crippen LogP contribution in [-0.4, -0.2) is 34.0 Å². The van der Waals surface area contributed by atoms with Gasteiger partial charge in [-0.05, 0) is 29.8 Å². The molecule has 0 fully saturated rings. The topological polar surface area (TPSA) is 90.1 Å². The molecule has 0 spiro atoms. The van der Waals surface area contributed by atoms with Gasteiger partial charge in [0.2, 0.25) is 11.8 Å². The van der Waals surface area contributed by atoms with E-state index in [2.05, 4.69) is 20.5 Å². The van der Waals surface area contributed by atoms with Crippen molar-refractivity contribution in [1.82, 2.24) is 20.5 Å². The van der Waals surface area contributed by atoms with Crippen molar-refractivity contribution >= 4 is 17.7 Å². The minimum Gasteiger partial charge on any atom is -0.497 e. The number of rotatable bonds is 7. The maximum atomic E-state index is 12.0.